The van der Waals surface area contributed by atoms with Crippen molar-refractivity contribution in [3.63, 3.8) is 0 Å². The molecule has 0 saturated heterocycles. The number of hydrogen-bond acceptors (Lipinski definition) is 6. The van der Waals surface area contributed by atoms with E-state index in [1.54, 1.807) is 24.2 Å². The van der Waals surface area contributed by atoms with E-state index in [2.05, 4.69) is 25.1 Å². The van der Waals surface area contributed by atoms with Crippen molar-refractivity contribution >= 4 is 18.0 Å². The van der Waals surface area contributed by atoms with Crippen LogP contribution in [-0.4, -0.2) is 42.1 Å². The van der Waals surface area contributed by atoms with Gasteiger partial charge in [-0.25, -0.2) is 10.0 Å². The van der Waals surface area contributed by atoms with Crippen LogP contribution in [0.4, 0.5) is 13.2 Å². The zero-order valence-electron chi connectivity index (χ0n) is 12.9. The van der Waals surface area contributed by atoms with Crippen molar-refractivity contribution in [3.8, 4) is 5.75 Å². The molecular weight excluding hydrogens is 323 g/mol. The molecule has 0 bridgehead atoms. The predicted octanol–water partition coefficient (Wildman–Crippen LogP) is 2.72. The quantitative estimate of drug-likeness (QED) is 0.858. The minimum Gasteiger partial charge on any atom is -0.406 e. The molecule has 0 spiro atoms. The van der Waals surface area contributed by atoms with Gasteiger partial charge in [-0.2, -0.15) is 10.1 Å². The van der Waals surface area contributed by atoms with Crippen molar-refractivity contribution in [3.05, 3.63) is 29.8 Å². The standard InChI is InChI=1S/C15H16F3N5O/c1-2-20-23-9-19-13(22-14(23)21-11-6-7-11)10-4-3-5-12(8-10)24-15(16,17)18/h2-5,8,11H,6-7,9H2,1H3,(H,19,21,22)/b20-2-. The molecule has 0 radical (unpaired) electrons. The Morgan fingerprint density at radius 1 is 1.38 bits per heavy atom. The van der Waals surface area contributed by atoms with Crippen LogP contribution in [0.15, 0.2) is 39.4 Å². The number of amidine groups is 1. The Morgan fingerprint density at radius 2 is 2.17 bits per heavy atom. The highest BCUT2D eigenvalue weighted by molar-refractivity contribution is 6.07. The van der Waals surface area contributed by atoms with E-state index in [9.17, 15) is 13.2 Å². The van der Waals surface area contributed by atoms with Gasteiger partial charge in [-0.1, -0.05) is 12.1 Å². The van der Waals surface area contributed by atoms with Gasteiger partial charge in [0.15, 0.2) is 5.84 Å². The molecule has 1 aromatic rings. The number of benzene rings is 1. The molecule has 1 aromatic carbocycles. The molecule has 2 aliphatic rings. The summed E-state index contributed by atoms with van der Waals surface area (Å²) >= 11 is 0. The van der Waals surface area contributed by atoms with Gasteiger partial charge in [0.25, 0.3) is 0 Å². The number of aliphatic imine (C=N–C) groups is 2. The van der Waals surface area contributed by atoms with Gasteiger partial charge < -0.3 is 10.1 Å². The molecule has 0 amide bonds. The average Bonchev–Trinajstić information content (AvgIpc) is 3.32. The summed E-state index contributed by atoms with van der Waals surface area (Å²) in [4.78, 5) is 8.68. The first kappa shape index (κ1) is 16.3. The molecule has 1 saturated carbocycles. The summed E-state index contributed by atoms with van der Waals surface area (Å²) in [6.45, 7) is 2.02. The van der Waals surface area contributed by atoms with Gasteiger partial charge in [0.1, 0.15) is 12.4 Å². The van der Waals surface area contributed by atoms with E-state index in [-0.39, 0.29) is 12.4 Å². The van der Waals surface area contributed by atoms with Crippen LogP contribution < -0.4 is 10.1 Å². The third kappa shape index (κ3) is 4.24. The fourth-order valence-electron chi connectivity index (χ4n) is 2.13. The Bertz CT molecular complexity index is 695. The van der Waals surface area contributed by atoms with Crippen LogP contribution in [-0.2, 0) is 0 Å². The fraction of sp³-hybridized carbons (Fsp3) is 0.400. The van der Waals surface area contributed by atoms with Crippen LogP contribution in [0.25, 0.3) is 0 Å². The lowest BCUT2D eigenvalue weighted by Crippen LogP contribution is -2.42. The average molecular weight is 339 g/mol. The molecular formula is C15H16F3N5O. The summed E-state index contributed by atoms with van der Waals surface area (Å²) in [5.41, 5.74) is 0.451. The van der Waals surface area contributed by atoms with Crippen molar-refractivity contribution in [1.82, 2.24) is 10.3 Å². The Morgan fingerprint density at radius 3 is 2.83 bits per heavy atom. The Hall–Kier alpha value is -2.58. The Balaban J connectivity index is 1.83. The summed E-state index contributed by atoms with van der Waals surface area (Å²) in [5, 5.41) is 9.03. The fourth-order valence-corrected chi connectivity index (χ4v) is 2.13. The van der Waals surface area contributed by atoms with Gasteiger partial charge in [-0.15, -0.1) is 13.2 Å². The molecule has 1 N–H and O–H groups in total. The van der Waals surface area contributed by atoms with Crippen LogP contribution in [0.5, 0.6) is 5.75 Å². The zero-order chi connectivity index (χ0) is 17.2. The van der Waals surface area contributed by atoms with Crippen LogP contribution in [0.2, 0.25) is 0 Å². The number of ether oxygens (including phenoxy) is 1. The number of nitrogens with zero attached hydrogens (tertiary/aromatic N) is 4. The number of nitrogens with one attached hydrogen (secondary N) is 1. The van der Waals surface area contributed by atoms with E-state index < -0.39 is 6.36 Å². The number of rotatable bonds is 4. The molecule has 6 nitrogen and oxygen atoms in total. The Kier molecular flexibility index (Phi) is 4.41. The maximum atomic E-state index is 12.4. The second-order valence-corrected chi connectivity index (χ2v) is 5.33. The first-order valence-corrected chi connectivity index (χ1v) is 7.46. The highest BCUT2D eigenvalue weighted by Gasteiger charge is 2.31. The van der Waals surface area contributed by atoms with E-state index in [4.69, 9.17) is 0 Å². The van der Waals surface area contributed by atoms with Crippen LogP contribution in [0.3, 0.4) is 0 Å². The van der Waals surface area contributed by atoms with Gasteiger partial charge in [0, 0.05) is 17.8 Å². The summed E-state index contributed by atoms with van der Waals surface area (Å²) in [6, 6.07) is 5.97. The van der Waals surface area contributed by atoms with Gasteiger partial charge in [0.05, 0.1) is 0 Å². The summed E-state index contributed by atoms with van der Waals surface area (Å²) < 4.78 is 41.0. The summed E-state index contributed by atoms with van der Waals surface area (Å²) in [7, 11) is 0. The third-order valence-electron chi connectivity index (χ3n) is 3.30. The molecule has 0 atom stereocenters. The van der Waals surface area contributed by atoms with Gasteiger partial charge in [-0.3, -0.25) is 0 Å². The monoisotopic (exact) mass is 339 g/mol. The van der Waals surface area contributed by atoms with E-state index in [1.807, 2.05) is 0 Å². The number of hydrogen-bond donors (Lipinski definition) is 1. The van der Waals surface area contributed by atoms with E-state index >= 15 is 0 Å². The molecule has 1 fully saturated rings. The van der Waals surface area contributed by atoms with Gasteiger partial charge in [0.2, 0.25) is 5.96 Å². The number of alkyl halides is 3. The molecule has 0 aromatic heterocycles. The molecule has 1 heterocycles. The SMILES string of the molecule is C/C=N\N1CN=C(c2cccc(OC(F)(F)F)c2)N=C1NC1CC1. The van der Waals surface area contributed by atoms with E-state index in [0.717, 1.165) is 12.8 Å². The number of guanidine groups is 1. The van der Waals surface area contributed by atoms with Crippen molar-refractivity contribution in [2.24, 2.45) is 15.1 Å². The lowest BCUT2D eigenvalue weighted by atomic mass is 10.2. The van der Waals surface area contributed by atoms with Crippen molar-refractivity contribution < 1.29 is 17.9 Å². The lowest BCUT2D eigenvalue weighted by Gasteiger charge is -2.24. The third-order valence-corrected chi connectivity index (χ3v) is 3.30. The molecule has 128 valence electrons. The van der Waals surface area contributed by atoms with Gasteiger partial charge in [-0.05, 0) is 31.9 Å². The van der Waals surface area contributed by atoms with Crippen LogP contribution in [0, 0.1) is 0 Å². The smallest absolute Gasteiger partial charge is 0.406 e. The summed E-state index contributed by atoms with van der Waals surface area (Å²) in [5.74, 6) is 0.583. The number of hydrazone groups is 1. The van der Waals surface area contributed by atoms with Crippen molar-refractivity contribution in [2.75, 3.05) is 6.67 Å². The molecule has 3 rings (SSSR count). The minimum atomic E-state index is -4.73. The second-order valence-electron chi connectivity index (χ2n) is 5.33. The highest BCUT2D eigenvalue weighted by Crippen LogP contribution is 2.24. The normalized spacial score (nSPS) is 18.4. The van der Waals surface area contributed by atoms with E-state index in [0.29, 0.717) is 23.4 Å². The zero-order valence-corrected chi connectivity index (χ0v) is 12.9. The molecule has 24 heavy (non-hydrogen) atoms. The number of halogens is 3. The summed E-state index contributed by atoms with van der Waals surface area (Å²) in [6.07, 6.45) is -0.988. The lowest BCUT2D eigenvalue weighted by molar-refractivity contribution is -0.274. The first-order valence-electron chi connectivity index (χ1n) is 7.46. The molecule has 0 unspecified atom stereocenters. The first-order chi connectivity index (χ1) is 11.4. The van der Waals surface area contributed by atoms with Crippen molar-refractivity contribution in [1.29, 1.82) is 0 Å². The maximum absolute atomic E-state index is 12.4. The Labute approximate surface area is 136 Å². The topological polar surface area (TPSA) is 61.6 Å². The largest absolute Gasteiger partial charge is 0.573 e. The van der Waals surface area contributed by atoms with Gasteiger partial charge >= 0.3 is 6.36 Å². The van der Waals surface area contributed by atoms with E-state index in [1.165, 1.54) is 18.2 Å². The van der Waals surface area contributed by atoms with Crippen LogP contribution >= 0.6 is 0 Å². The maximum Gasteiger partial charge on any atom is 0.573 e. The minimum absolute atomic E-state index is 0.239. The molecule has 1 aliphatic carbocycles. The van der Waals surface area contributed by atoms with Crippen LogP contribution in [0.1, 0.15) is 25.3 Å². The molecule has 9 heteroatoms. The highest BCUT2D eigenvalue weighted by atomic mass is 19.4. The second kappa shape index (κ2) is 6.50. The van der Waals surface area contributed by atoms with Crippen molar-refractivity contribution in [2.45, 2.75) is 32.2 Å². The predicted molar refractivity (Wildman–Crippen MR) is 84.1 cm³/mol. The molecule has 1 aliphatic heterocycles.